The van der Waals surface area contributed by atoms with E-state index in [1.165, 1.54) is 43.4 Å². The SMILES string of the molecule is Cc1nc2cccc(NCc3ncc(CNC45CC6CC(CC(C6)C4)C5)s3)c2c(=O)n1C(C)CCC(=O)NC=O. The minimum atomic E-state index is -0.361. The Bertz CT molecular complexity index is 1440. The van der Waals surface area contributed by atoms with Gasteiger partial charge in [0.05, 0.1) is 17.4 Å². The molecule has 7 rings (SSSR count). The predicted molar refractivity (Wildman–Crippen MR) is 156 cm³/mol. The minimum Gasteiger partial charge on any atom is -0.378 e. The van der Waals surface area contributed by atoms with E-state index < -0.39 is 0 Å². The first-order valence-electron chi connectivity index (χ1n) is 14.5. The molecule has 40 heavy (non-hydrogen) atoms. The zero-order valence-corrected chi connectivity index (χ0v) is 24.1. The fourth-order valence-electron chi connectivity index (χ4n) is 7.91. The quantitative estimate of drug-likeness (QED) is 0.296. The maximum Gasteiger partial charge on any atom is 0.263 e. The lowest BCUT2D eigenvalue weighted by Gasteiger charge is -2.57. The van der Waals surface area contributed by atoms with Crippen molar-refractivity contribution < 1.29 is 9.59 Å². The molecular weight excluding hydrogens is 524 g/mol. The number of hydrogen-bond donors (Lipinski definition) is 3. The van der Waals surface area contributed by atoms with Crippen LogP contribution in [0.15, 0.2) is 29.2 Å². The summed E-state index contributed by atoms with van der Waals surface area (Å²) in [6.45, 7) is 5.09. The van der Waals surface area contributed by atoms with Crippen molar-refractivity contribution in [3.8, 4) is 0 Å². The summed E-state index contributed by atoms with van der Waals surface area (Å²) in [5.74, 6) is 3.00. The highest BCUT2D eigenvalue weighted by Gasteiger charge is 2.50. The topological polar surface area (TPSA) is 118 Å². The monoisotopic (exact) mass is 562 g/mol. The van der Waals surface area contributed by atoms with E-state index in [0.29, 0.717) is 41.6 Å². The number of hydrogen-bond acceptors (Lipinski definition) is 8. The molecule has 0 saturated heterocycles. The van der Waals surface area contributed by atoms with Gasteiger partial charge in [-0.1, -0.05) is 6.07 Å². The normalized spacial score (nSPS) is 25.7. The van der Waals surface area contributed by atoms with Crippen LogP contribution in [0.3, 0.4) is 0 Å². The first-order chi connectivity index (χ1) is 19.3. The van der Waals surface area contributed by atoms with Crippen LogP contribution < -0.4 is 21.5 Å². The molecule has 3 N–H and O–H groups in total. The second-order valence-corrected chi connectivity index (χ2v) is 13.4. The Morgan fingerprint density at radius 3 is 2.60 bits per heavy atom. The molecule has 1 unspecified atom stereocenters. The van der Waals surface area contributed by atoms with Gasteiger partial charge in [0.2, 0.25) is 12.3 Å². The lowest BCUT2D eigenvalue weighted by atomic mass is 9.53. The Kier molecular flexibility index (Phi) is 7.48. The number of anilines is 1. The molecule has 4 saturated carbocycles. The van der Waals surface area contributed by atoms with Crippen LogP contribution in [0.25, 0.3) is 10.9 Å². The molecule has 0 aliphatic heterocycles. The molecule has 2 amide bonds. The second-order valence-electron chi connectivity index (χ2n) is 12.2. The largest absolute Gasteiger partial charge is 0.378 e. The van der Waals surface area contributed by atoms with E-state index in [9.17, 15) is 14.4 Å². The predicted octanol–water partition coefficient (Wildman–Crippen LogP) is 4.45. The van der Waals surface area contributed by atoms with E-state index >= 15 is 0 Å². The standard InChI is InChI=1S/C30H38N6O3S/c1-18(6-7-26(38)33-17-37)36-19(2)35-25-5-3-4-24(28(25)29(36)39)31-16-27-32-14-23(40-27)15-34-30-11-20-8-21(12-30)10-22(9-20)13-30/h3-5,14,17-18,20-22,31,34H,6-13,15-16H2,1-2H3,(H,33,37,38). The van der Waals surface area contributed by atoms with Crippen LogP contribution in [0.1, 0.15) is 80.0 Å². The number of carbonyl (C=O) groups is 2. The zero-order chi connectivity index (χ0) is 27.9. The van der Waals surface area contributed by atoms with Crippen molar-refractivity contribution in [2.24, 2.45) is 17.8 Å². The van der Waals surface area contributed by atoms with E-state index in [1.54, 1.807) is 22.8 Å². The van der Waals surface area contributed by atoms with Crippen LogP contribution in [0, 0.1) is 24.7 Å². The average molecular weight is 563 g/mol. The number of thiazole rings is 1. The number of benzene rings is 1. The summed E-state index contributed by atoms with van der Waals surface area (Å²) in [5, 5.41) is 11.1. The summed E-state index contributed by atoms with van der Waals surface area (Å²) in [4.78, 5) is 46.5. The third kappa shape index (κ3) is 5.43. The van der Waals surface area contributed by atoms with Gasteiger partial charge >= 0.3 is 0 Å². The third-order valence-electron chi connectivity index (χ3n) is 9.26. The maximum atomic E-state index is 13.7. The lowest BCUT2D eigenvalue weighted by Crippen LogP contribution is -2.58. The first kappa shape index (κ1) is 27.1. The summed E-state index contributed by atoms with van der Waals surface area (Å²) in [5.41, 5.74) is 1.54. The van der Waals surface area contributed by atoms with Crippen molar-refractivity contribution in [2.75, 3.05) is 5.32 Å². The number of carbonyl (C=O) groups excluding carboxylic acids is 2. The Labute approximate surface area is 238 Å². The fraction of sp³-hybridized carbons (Fsp3) is 0.567. The van der Waals surface area contributed by atoms with Crippen molar-refractivity contribution in [1.82, 2.24) is 25.2 Å². The van der Waals surface area contributed by atoms with Gasteiger partial charge < -0.3 is 10.6 Å². The number of rotatable bonds is 11. The Balaban J connectivity index is 1.13. The number of amides is 2. The summed E-state index contributed by atoms with van der Waals surface area (Å²) < 4.78 is 1.64. The van der Waals surface area contributed by atoms with E-state index in [-0.39, 0.29) is 23.9 Å². The molecular formula is C30H38N6O3S. The molecule has 4 aliphatic carbocycles. The number of fused-ring (bicyclic) bond motifs is 1. The van der Waals surface area contributed by atoms with Crippen LogP contribution in [-0.2, 0) is 22.7 Å². The van der Waals surface area contributed by atoms with E-state index in [0.717, 1.165) is 35.0 Å². The highest BCUT2D eigenvalue weighted by Crippen LogP contribution is 2.55. The Morgan fingerprint density at radius 1 is 1.18 bits per heavy atom. The average Bonchev–Trinajstić information content (AvgIpc) is 3.37. The molecule has 4 fully saturated rings. The highest BCUT2D eigenvalue weighted by molar-refractivity contribution is 7.11. The summed E-state index contributed by atoms with van der Waals surface area (Å²) in [6.07, 6.45) is 11.3. The van der Waals surface area contributed by atoms with Gasteiger partial charge in [-0.15, -0.1) is 11.3 Å². The van der Waals surface area contributed by atoms with Crippen molar-refractivity contribution in [2.45, 2.75) is 89.9 Å². The molecule has 1 atom stereocenters. The molecule has 3 aromatic rings. The number of aromatic nitrogens is 3. The third-order valence-corrected chi connectivity index (χ3v) is 10.3. The van der Waals surface area contributed by atoms with Gasteiger partial charge in [-0.05, 0) is 88.7 Å². The summed E-state index contributed by atoms with van der Waals surface area (Å²) in [6, 6.07) is 5.39. The molecule has 0 spiro atoms. The molecule has 4 bridgehead atoms. The Hall–Kier alpha value is -3.11. The number of nitrogens with zero attached hydrogens (tertiary/aromatic N) is 3. The van der Waals surface area contributed by atoms with Crippen molar-refractivity contribution in [1.29, 1.82) is 0 Å². The molecule has 4 aliphatic rings. The van der Waals surface area contributed by atoms with Crippen LogP contribution in [0.5, 0.6) is 0 Å². The number of aryl methyl sites for hydroxylation is 1. The van der Waals surface area contributed by atoms with Crippen LogP contribution in [0.2, 0.25) is 0 Å². The van der Waals surface area contributed by atoms with Crippen molar-refractivity contribution >= 4 is 40.2 Å². The minimum absolute atomic E-state index is 0.145. The van der Waals surface area contributed by atoms with Gasteiger partial charge in [0.15, 0.2) is 0 Å². The number of imide groups is 1. The van der Waals surface area contributed by atoms with Gasteiger partial charge in [0, 0.05) is 41.3 Å². The van der Waals surface area contributed by atoms with E-state index in [1.807, 2.05) is 31.3 Å². The molecule has 212 valence electrons. The molecule has 9 nitrogen and oxygen atoms in total. The summed E-state index contributed by atoms with van der Waals surface area (Å²) in [7, 11) is 0. The van der Waals surface area contributed by atoms with Gasteiger partial charge in [0.1, 0.15) is 10.8 Å². The fourth-order valence-corrected chi connectivity index (χ4v) is 8.71. The van der Waals surface area contributed by atoms with Crippen molar-refractivity contribution in [3.63, 3.8) is 0 Å². The van der Waals surface area contributed by atoms with Crippen molar-refractivity contribution in [3.05, 3.63) is 50.5 Å². The first-order valence-corrected chi connectivity index (χ1v) is 15.3. The molecule has 2 aromatic heterocycles. The maximum absolute atomic E-state index is 13.7. The van der Waals surface area contributed by atoms with E-state index in [2.05, 4.69) is 25.9 Å². The van der Waals surface area contributed by atoms with E-state index in [4.69, 9.17) is 0 Å². The van der Waals surface area contributed by atoms with Gasteiger partial charge in [0.25, 0.3) is 5.56 Å². The van der Waals surface area contributed by atoms with Gasteiger partial charge in [-0.25, -0.2) is 9.97 Å². The second kappa shape index (κ2) is 11.0. The molecule has 1 aromatic carbocycles. The van der Waals surface area contributed by atoms with Crippen LogP contribution in [-0.4, -0.2) is 32.4 Å². The molecule has 2 heterocycles. The molecule has 0 radical (unpaired) electrons. The van der Waals surface area contributed by atoms with Gasteiger partial charge in [-0.2, -0.15) is 0 Å². The number of nitrogens with one attached hydrogen (secondary N) is 3. The molecule has 10 heteroatoms. The van der Waals surface area contributed by atoms with Crippen LogP contribution in [0.4, 0.5) is 5.69 Å². The van der Waals surface area contributed by atoms with Crippen LogP contribution >= 0.6 is 11.3 Å². The smallest absolute Gasteiger partial charge is 0.263 e. The Morgan fingerprint density at radius 2 is 1.90 bits per heavy atom. The van der Waals surface area contributed by atoms with Gasteiger partial charge in [-0.3, -0.25) is 24.3 Å². The summed E-state index contributed by atoms with van der Waals surface area (Å²) >= 11 is 1.72. The lowest BCUT2D eigenvalue weighted by molar-refractivity contribution is -0.125. The zero-order valence-electron chi connectivity index (χ0n) is 23.2. The highest BCUT2D eigenvalue weighted by atomic mass is 32.1.